The highest BCUT2D eigenvalue weighted by Crippen LogP contribution is 2.40. The van der Waals surface area contributed by atoms with E-state index in [1.807, 2.05) is 12.4 Å². The Kier molecular flexibility index (Phi) is 3.85. The molecule has 0 amide bonds. The fourth-order valence-corrected chi connectivity index (χ4v) is 3.30. The zero-order chi connectivity index (χ0) is 13.1. The lowest BCUT2D eigenvalue weighted by molar-refractivity contribution is 0.203. The number of hydrogen-bond donors (Lipinski definition) is 1. The summed E-state index contributed by atoms with van der Waals surface area (Å²) in [5, 5.41) is 3.80. The molecule has 1 saturated carbocycles. The normalized spacial score (nSPS) is 29.1. The summed E-state index contributed by atoms with van der Waals surface area (Å²) in [6.07, 6.45) is 9.05. The van der Waals surface area contributed by atoms with Crippen LogP contribution in [0.5, 0.6) is 0 Å². The van der Waals surface area contributed by atoms with Gasteiger partial charge in [-0.3, -0.25) is 4.98 Å². The van der Waals surface area contributed by atoms with E-state index in [2.05, 4.69) is 34.3 Å². The van der Waals surface area contributed by atoms with Gasteiger partial charge in [-0.1, -0.05) is 0 Å². The molecule has 0 bridgehead atoms. The first-order valence-corrected chi connectivity index (χ1v) is 7.62. The van der Waals surface area contributed by atoms with Gasteiger partial charge in [-0.15, -0.1) is 0 Å². The third-order valence-corrected chi connectivity index (χ3v) is 4.68. The van der Waals surface area contributed by atoms with E-state index in [0.29, 0.717) is 5.54 Å². The number of hydrogen-bond acceptors (Lipinski definition) is 3. The van der Waals surface area contributed by atoms with Gasteiger partial charge in [0.2, 0.25) is 0 Å². The number of rotatable bonds is 4. The van der Waals surface area contributed by atoms with E-state index < -0.39 is 0 Å². The molecule has 3 heteroatoms. The van der Waals surface area contributed by atoms with Crippen molar-refractivity contribution in [2.75, 3.05) is 26.2 Å². The first-order chi connectivity index (χ1) is 9.26. The van der Waals surface area contributed by atoms with Crippen LogP contribution < -0.4 is 5.32 Å². The molecule has 3 rings (SSSR count). The number of pyridine rings is 1. The van der Waals surface area contributed by atoms with Crippen LogP contribution in [-0.4, -0.2) is 41.6 Å². The van der Waals surface area contributed by atoms with Gasteiger partial charge in [0.1, 0.15) is 0 Å². The Morgan fingerprint density at radius 1 is 1.37 bits per heavy atom. The molecule has 1 aromatic heterocycles. The predicted octanol–water partition coefficient (Wildman–Crippen LogP) is 2.09. The Morgan fingerprint density at radius 2 is 2.16 bits per heavy atom. The minimum atomic E-state index is 0.356. The first-order valence-electron chi connectivity index (χ1n) is 7.62. The summed E-state index contributed by atoms with van der Waals surface area (Å²) in [5.41, 5.74) is 1.76. The first kappa shape index (κ1) is 13.1. The van der Waals surface area contributed by atoms with Crippen LogP contribution in [0.15, 0.2) is 24.5 Å². The average molecular weight is 259 g/mol. The van der Waals surface area contributed by atoms with E-state index in [4.69, 9.17) is 0 Å². The van der Waals surface area contributed by atoms with E-state index in [1.54, 1.807) is 0 Å². The Morgan fingerprint density at radius 3 is 2.89 bits per heavy atom. The van der Waals surface area contributed by atoms with Crippen molar-refractivity contribution in [3.63, 3.8) is 0 Å². The Labute approximate surface area is 116 Å². The molecule has 1 unspecified atom stereocenters. The molecule has 1 saturated heterocycles. The van der Waals surface area contributed by atoms with Gasteiger partial charge in [-0.25, -0.2) is 0 Å². The highest BCUT2D eigenvalue weighted by molar-refractivity contribution is 5.10. The van der Waals surface area contributed by atoms with E-state index in [9.17, 15) is 0 Å². The lowest BCUT2D eigenvalue weighted by atomic mass is 9.95. The second kappa shape index (κ2) is 5.59. The minimum Gasteiger partial charge on any atom is -0.310 e. The van der Waals surface area contributed by atoms with Crippen LogP contribution in [0.1, 0.15) is 31.7 Å². The van der Waals surface area contributed by atoms with Crippen LogP contribution >= 0.6 is 0 Å². The molecule has 0 radical (unpaired) electrons. The summed E-state index contributed by atoms with van der Waals surface area (Å²) in [6.45, 7) is 7.23. The molecule has 2 heterocycles. The van der Waals surface area contributed by atoms with Crippen LogP contribution in [0, 0.1) is 5.92 Å². The van der Waals surface area contributed by atoms with Crippen molar-refractivity contribution in [2.45, 2.75) is 38.1 Å². The van der Waals surface area contributed by atoms with Crippen molar-refractivity contribution in [1.82, 2.24) is 15.2 Å². The standard InChI is InChI=1S/C16H25N3/c1-16(15-3-4-15)13-19(11-2-8-18-16)12-7-14-5-9-17-10-6-14/h5-6,9-10,15,18H,2-4,7-8,11-13H2,1H3. The van der Waals surface area contributed by atoms with Crippen molar-refractivity contribution in [1.29, 1.82) is 0 Å². The molecule has 3 nitrogen and oxygen atoms in total. The maximum atomic E-state index is 4.09. The lowest BCUT2D eigenvalue weighted by Crippen LogP contribution is -2.51. The smallest absolute Gasteiger partial charge is 0.0308 e. The fourth-order valence-electron chi connectivity index (χ4n) is 3.30. The molecule has 0 spiro atoms. The molecule has 1 aliphatic carbocycles. The van der Waals surface area contributed by atoms with Gasteiger partial charge in [0.05, 0.1) is 0 Å². The predicted molar refractivity (Wildman–Crippen MR) is 78.1 cm³/mol. The monoisotopic (exact) mass is 259 g/mol. The number of nitrogens with zero attached hydrogens (tertiary/aromatic N) is 2. The zero-order valence-electron chi connectivity index (χ0n) is 11.9. The summed E-state index contributed by atoms with van der Waals surface area (Å²) in [4.78, 5) is 6.74. The van der Waals surface area contributed by atoms with Crippen LogP contribution in [0.25, 0.3) is 0 Å². The van der Waals surface area contributed by atoms with E-state index in [0.717, 1.165) is 12.3 Å². The molecule has 0 aromatic carbocycles. The van der Waals surface area contributed by atoms with E-state index in [-0.39, 0.29) is 0 Å². The molecular formula is C16H25N3. The molecule has 19 heavy (non-hydrogen) atoms. The maximum Gasteiger partial charge on any atom is 0.0308 e. The molecule has 2 fully saturated rings. The van der Waals surface area contributed by atoms with Gasteiger partial charge in [0.15, 0.2) is 0 Å². The SMILES string of the molecule is CC1(C2CC2)CN(CCc2ccncc2)CCCN1. The third-order valence-electron chi connectivity index (χ3n) is 4.68. The highest BCUT2D eigenvalue weighted by Gasteiger charge is 2.42. The topological polar surface area (TPSA) is 28.2 Å². The molecule has 104 valence electrons. The quantitative estimate of drug-likeness (QED) is 0.897. The maximum absolute atomic E-state index is 4.09. The van der Waals surface area contributed by atoms with Crippen molar-refractivity contribution in [3.8, 4) is 0 Å². The second-order valence-electron chi connectivity index (χ2n) is 6.35. The number of aromatic nitrogens is 1. The van der Waals surface area contributed by atoms with Gasteiger partial charge in [0, 0.05) is 31.0 Å². The Hall–Kier alpha value is -0.930. The summed E-state index contributed by atoms with van der Waals surface area (Å²) < 4.78 is 0. The Balaban J connectivity index is 1.57. The molecule has 1 aliphatic heterocycles. The Bertz CT molecular complexity index is 402. The zero-order valence-corrected chi connectivity index (χ0v) is 11.9. The molecule has 2 aliphatic rings. The van der Waals surface area contributed by atoms with Gasteiger partial charge in [-0.2, -0.15) is 0 Å². The summed E-state index contributed by atoms with van der Waals surface area (Å²) >= 11 is 0. The summed E-state index contributed by atoms with van der Waals surface area (Å²) in [6, 6.07) is 4.27. The summed E-state index contributed by atoms with van der Waals surface area (Å²) in [5.74, 6) is 0.911. The molecule has 1 aromatic rings. The minimum absolute atomic E-state index is 0.356. The van der Waals surface area contributed by atoms with Crippen LogP contribution in [0.4, 0.5) is 0 Å². The van der Waals surface area contributed by atoms with Gasteiger partial charge in [0.25, 0.3) is 0 Å². The number of nitrogens with one attached hydrogen (secondary N) is 1. The van der Waals surface area contributed by atoms with E-state index >= 15 is 0 Å². The molecule has 1 N–H and O–H groups in total. The molecular weight excluding hydrogens is 234 g/mol. The van der Waals surface area contributed by atoms with Gasteiger partial charge < -0.3 is 10.2 Å². The largest absolute Gasteiger partial charge is 0.310 e. The lowest BCUT2D eigenvalue weighted by Gasteiger charge is -2.34. The van der Waals surface area contributed by atoms with Gasteiger partial charge >= 0.3 is 0 Å². The van der Waals surface area contributed by atoms with Crippen LogP contribution in [0.2, 0.25) is 0 Å². The van der Waals surface area contributed by atoms with Crippen molar-refractivity contribution in [2.24, 2.45) is 5.92 Å². The van der Waals surface area contributed by atoms with E-state index in [1.165, 1.54) is 51.0 Å². The van der Waals surface area contributed by atoms with Crippen molar-refractivity contribution >= 4 is 0 Å². The highest BCUT2D eigenvalue weighted by atomic mass is 15.2. The van der Waals surface area contributed by atoms with Crippen LogP contribution in [-0.2, 0) is 6.42 Å². The van der Waals surface area contributed by atoms with Crippen LogP contribution in [0.3, 0.4) is 0 Å². The third kappa shape index (κ3) is 3.34. The average Bonchev–Trinajstić information content (AvgIpc) is 3.25. The fraction of sp³-hybridized carbons (Fsp3) is 0.688. The van der Waals surface area contributed by atoms with Gasteiger partial charge in [-0.05, 0) is 69.3 Å². The molecule has 1 atom stereocenters. The van der Waals surface area contributed by atoms with Crippen molar-refractivity contribution in [3.05, 3.63) is 30.1 Å². The second-order valence-corrected chi connectivity index (χ2v) is 6.35. The summed E-state index contributed by atoms with van der Waals surface area (Å²) in [7, 11) is 0. The van der Waals surface area contributed by atoms with Crippen molar-refractivity contribution < 1.29 is 0 Å².